The van der Waals surface area contributed by atoms with Crippen LogP contribution < -0.4 is 5.73 Å². The van der Waals surface area contributed by atoms with Crippen molar-refractivity contribution in [2.45, 2.75) is 44.1 Å². The van der Waals surface area contributed by atoms with Crippen LogP contribution in [0.1, 0.15) is 37.7 Å². The number of rotatable bonds is 2. The van der Waals surface area contributed by atoms with Gasteiger partial charge in [0.1, 0.15) is 0 Å². The molecule has 0 amide bonds. The topological polar surface area (TPSA) is 46.2 Å². The van der Waals surface area contributed by atoms with Gasteiger partial charge in [-0.2, -0.15) is 0 Å². The second kappa shape index (κ2) is 6.66. The summed E-state index contributed by atoms with van der Waals surface area (Å²) in [6, 6.07) is 10.6. The standard InChI is InChI=1S/C13H19N.CH4O/c14-13(9-5-2-6-10-13)11-12-7-3-1-4-8-12;1-2/h1,3-4,7-8H,2,5-6,9-11,14H2;2H,1H3. The average molecular weight is 221 g/mol. The van der Waals surface area contributed by atoms with Crippen LogP contribution >= 0.6 is 0 Å². The molecule has 1 aromatic rings. The van der Waals surface area contributed by atoms with Gasteiger partial charge in [0, 0.05) is 12.6 Å². The lowest BCUT2D eigenvalue weighted by atomic mass is 9.78. The van der Waals surface area contributed by atoms with Crippen molar-refractivity contribution in [1.29, 1.82) is 0 Å². The zero-order valence-corrected chi connectivity index (χ0v) is 10.2. The number of aliphatic hydroxyl groups excluding tert-OH is 1. The SMILES string of the molecule is CO.NC1(Cc2ccccc2)CCCCC1. The number of nitrogens with two attached hydrogens (primary N) is 1. The van der Waals surface area contributed by atoms with Gasteiger partial charge < -0.3 is 10.8 Å². The van der Waals surface area contributed by atoms with Gasteiger partial charge in [0.05, 0.1) is 0 Å². The first kappa shape index (κ1) is 13.2. The quantitative estimate of drug-likeness (QED) is 0.806. The highest BCUT2D eigenvalue weighted by Crippen LogP contribution is 2.28. The minimum absolute atomic E-state index is 0.0829. The first-order valence-electron chi connectivity index (χ1n) is 6.06. The molecule has 0 saturated heterocycles. The molecular formula is C14H23NO. The molecule has 16 heavy (non-hydrogen) atoms. The molecule has 0 aliphatic heterocycles. The Hall–Kier alpha value is -0.860. The van der Waals surface area contributed by atoms with Crippen molar-refractivity contribution in [3.63, 3.8) is 0 Å². The van der Waals surface area contributed by atoms with Crippen LogP contribution in [0.4, 0.5) is 0 Å². The third-order valence-corrected chi connectivity index (χ3v) is 3.25. The number of hydrogen-bond acceptors (Lipinski definition) is 2. The Labute approximate surface area is 98.5 Å². The molecule has 1 saturated carbocycles. The van der Waals surface area contributed by atoms with Crippen LogP contribution in [0.3, 0.4) is 0 Å². The van der Waals surface area contributed by atoms with Gasteiger partial charge in [0.2, 0.25) is 0 Å². The van der Waals surface area contributed by atoms with Gasteiger partial charge >= 0.3 is 0 Å². The Bertz CT molecular complexity index is 278. The van der Waals surface area contributed by atoms with Crippen LogP contribution in [0.25, 0.3) is 0 Å². The van der Waals surface area contributed by atoms with E-state index in [9.17, 15) is 0 Å². The molecule has 0 aromatic heterocycles. The number of aliphatic hydroxyl groups is 1. The monoisotopic (exact) mass is 221 g/mol. The Morgan fingerprint density at radius 1 is 1.06 bits per heavy atom. The van der Waals surface area contributed by atoms with Gasteiger partial charge in [-0.05, 0) is 24.8 Å². The van der Waals surface area contributed by atoms with E-state index in [0.717, 1.165) is 13.5 Å². The zero-order valence-electron chi connectivity index (χ0n) is 10.2. The normalized spacial score (nSPS) is 18.4. The van der Waals surface area contributed by atoms with E-state index < -0.39 is 0 Å². The van der Waals surface area contributed by atoms with Crippen molar-refractivity contribution in [3.05, 3.63) is 35.9 Å². The molecular weight excluding hydrogens is 198 g/mol. The molecule has 3 N–H and O–H groups in total. The molecule has 1 aliphatic rings. The van der Waals surface area contributed by atoms with E-state index >= 15 is 0 Å². The molecule has 2 rings (SSSR count). The first-order valence-corrected chi connectivity index (χ1v) is 6.06. The van der Waals surface area contributed by atoms with Crippen LogP contribution in [0.15, 0.2) is 30.3 Å². The summed E-state index contributed by atoms with van der Waals surface area (Å²) in [5.74, 6) is 0. The zero-order chi connectivity index (χ0) is 11.9. The average Bonchev–Trinajstić information content (AvgIpc) is 2.33. The second-order valence-electron chi connectivity index (χ2n) is 4.59. The highest BCUT2D eigenvalue weighted by molar-refractivity contribution is 5.17. The van der Waals surface area contributed by atoms with E-state index in [1.807, 2.05) is 0 Å². The fraction of sp³-hybridized carbons (Fsp3) is 0.571. The van der Waals surface area contributed by atoms with Crippen LogP contribution in [-0.4, -0.2) is 17.8 Å². The maximum Gasteiger partial charge on any atom is 0.0319 e. The molecule has 2 heteroatoms. The lowest BCUT2D eigenvalue weighted by Crippen LogP contribution is -2.43. The van der Waals surface area contributed by atoms with Crippen molar-refractivity contribution in [1.82, 2.24) is 0 Å². The van der Waals surface area contributed by atoms with Gasteiger partial charge in [-0.3, -0.25) is 0 Å². The van der Waals surface area contributed by atoms with E-state index in [0.29, 0.717) is 0 Å². The molecule has 0 unspecified atom stereocenters. The summed E-state index contributed by atoms with van der Waals surface area (Å²) in [7, 11) is 1.00. The second-order valence-corrected chi connectivity index (χ2v) is 4.59. The summed E-state index contributed by atoms with van der Waals surface area (Å²) in [4.78, 5) is 0. The lowest BCUT2D eigenvalue weighted by Gasteiger charge is -2.33. The predicted molar refractivity (Wildman–Crippen MR) is 68.3 cm³/mol. The van der Waals surface area contributed by atoms with Gasteiger partial charge in [0.15, 0.2) is 0 Å². The Kier molecular flexibility index (Phi) is 5.50. The van der Waals surface area contributed by atoms with Gasteiger partial charge in [-0.25, -0.2) is 0 Å². The van der Waals surface area contributed by atoms with Crippen molar-refractivity contribution in [2.24, 2.45) is 5.73 Å². The smallest absolute Gasteiger partial charge is 0.0319 e. The number of hydrogen-bond donors (Lipinski definition) is 2. The predicted octanol–water partition coefficient (Wildman–Crippen LogP) is 2.50. The summed E-state index contributed by atoms with van der Waals surface area (Å²) in [5.41, 5.74) is 7.86. The van der Waals surface area contributed by atoms with Crippen LogP contribution in [0, 0.1) is 0 Å². The van der Waals surface area contributed by atoms with Gasteiger partial charge in [-0.15, -0.1) is 0 Å². The van der Waals surface area contributed by atoms with Crippen molar-refractivity contribution in [2.75, 3.05) is 7.11 Å². The molecule has 2 nitrogen and oxygen atoms in total. The highest BCUT2D eigenvalue weighted by atomic mass is 16.2. The Morgan fingerprint density at radius 3 is 2.19 bits per heavy atom. The third-order valence-electron chi connectivity index (χ3n) is 3.25. The summed E-state index contributed by atoms with van der Waals surface area (Å²) < 4.78 is 0. The maximum atomic E-state index is 7.00. The van der Waals surface area contributed by atoms with Crippen molar-refractivity contribution >= 4 is 0 Å². The molecule has 90 valence electrons. The third kappa shape index (κ3) is 3.95. The van der Waals surface area contributed by atoms with Crippen molar-refractivity contribution < 1.29 is 5.11 Å². The van der Waals surface area contributed by atoms with E-state index in [1.54, 1.807) is 0 Å². The van der Waals surface area contributed by atoms with Crippen LogP contribution in [0.2, 0.25) is 0 Å². The highest BCUT2D eigenvalue weighted by Gasteiger charge is 2.27. The van der Waals surface area contributed by atoms with Crippen molar-refractivity contribution in [3.8, 4) is 0 Å². The fourth-order valence-electron chi connectivity index (χ4n) is 2.44. The summed E-state index contributed by atoms with van der Waals surface area (Å²) in [5, 5.41) is 7.00. The molecule has 0 bridgehead atoms. The first-order chi connectivity index (χ1) is 7.79. The van der Waals surface area contributed by atoms with E-state index in [2.05, 4.69) is 30.3 Å². The molecule has 0 radical (unpaired) electrons. The Balaban J connectivity index is 0.000000606. The van der Waals surface area contributed by atoms with Gasteiger partial charge in [-0.1, -0.05) is 49.6 Å². The van der Waals surface area contributed by atoms with E-state index in [-0.39, 0.29) is 5.54 Å². The molecule has 1 fully saturated rings. The largest absolute Gasteiger partial charge is 0.400 e. The van der Waals surface area contributed by atoms with Crippen LogP contribution in [-0.2, 0) is 6.42 Å². The summed E-state index contributed by atoms with van der Waals surface area (Å²) >= 11 is 0. The summed E-state index contributed by atoms with van der Waals surface area (Å²) in [6.45, 7) is 0. The maximum absolute atomic E-state index is 7.00. The summed E-state index contributed by atoms with van der Waals surface area (Å²) in [6.07, 6.45) is 7.43. The molecule has 1 aromatic carbocycles. The lowest BCUT2D eigenvalue weighted by molar-refractivity contribution is 0.294. The molecule has 0 heterocycles. The van der Waals surface area contributed by atoms with Crippen LogP contribution in [0.5, 0.6) is 0 Å². The molecule has 0 spiro atoms. The minimum Gasteiger partial charge on any atom is -0.400 e. The minimum atomic E-state index is 0.0829. The van der Waals surface area contributed by atoms with Gasteiger partial charge in [0.25, 0.3) is 0 Å². The molecule has 0 atom stereocenters. The Morgan fingerprint density at radius 2 is 1.62 bits per heavy atom. The number of benzene rings is 1. The fourth-order valence-corrected chi connectivity index (χ4v) is 2.44. The molecule has 1 aliphatic carbocycles. The van der Waals surface area contributed by atoms with E-state index in [4.69, 9.17) is 10.8 Å². The van der Waals surface area contributed by atoms with E-state index in [1.165, 1.54) is 37.7 Å².